The van der Waals surface area contributed by atoms with Crippen molar-refractivity contribution in [2.45, 2.75) is 13.0 Å². The molecule has 2 saturated heterocycles. The third-order valence-electron chi connectivity index (χ3n) is 7.73. The minimum atomic E-state index is -2.95. The van der Waals surface area contributed by atoms with E-state index in [4.69, 9.17) is 19.1 Å². The van der Waals surface area contributed by atoms with Crippen molar-refractivity contribution in [3.05, 3.63) is 48.3 Å². The van der Waals surface area contributed by atoms with Crippen molar-refractivity contribution in [1.82, 2.24) is 24.8 Å². The number of sulfone groups is 1. The van der Waals surface area contributed by atoms with E-state index < -0.39 is 9.84 Å². The number of anilines is 1. The molecule has 7 rings (SSSR count). The average Bonchev–Trinajstić information content (AvgIpc) is 3.57. The number of aromatic amines is 1. The predicted molar refractivity (Wildman–Crippen MR) is 146 cm³/mol. The van der Waals surface area contributed by atoms with E-state index in [1.807, 2.05) is 36.7 Å². The standard InChI is InChI=1S/C27H28N6O4S/c1-17(32-9-13-38(34,35)14-10-32)18-15-21-23-24(37-27(21)29-16-18)26(33-7-11-36-12-8-33)31-25(30-23)20-3-2-4-22-19(20)5-6-28-22/h2-6,15-17,28H,7-14H2,1H3/t17-/m1/s1. The second-order valence-corrected chi connectivity index (χ2v) is 12.3. The largest absolute Gasteiger partial charge is 0.432 e. The summed E-state index contributed by atoms with van der Waals surface area (Å²) in [5.41, 5.74) is 4.83. The molecule has 0 radical (unpaired) electrons. The quantitative estimate of drug-likeness (QED) is 0.371. The first-order chi connectivity index (χ1) is 18.5. The smallest absolute Gasteiger partial charge is 0.229 e. The van der Waals surface area contributed by atoms with Crippen LogP contribution in [0.2, 0.25) is 0 Å². The molecule has 2 fully saturated rings. The van der Waals surface area contributed by atoms with Gasteiger partial charge in [-0.05, 0) is 30.7 Å². The van der Waals surface area contributed by atoms with E-state index in [9.17, 15) is 8.42 Å². The molecule has 2 aliphatic rings. The van der Waals surface area contributed by atoms with Gasteiger partial charge in [-0.3, -0.25) is 4.90 Å². The molecule has 1 atom stereocenters. The number of furan rings is 1. The number of benzene rings is 1. The number of nitrogens with zero attached hydrogens (tertiary/aromatic N) is 5. The van der Waals surface area contributed by atoms with Gasteiger partial charge in [-0.15, -0.1) is 0 Å². The van der Waals surface area contributed by atoms with Crippen molar-refractivity contribution < 1.29 is 17.6 Å². The van der Waals surface area contributed by atoms with Gasteiger partial charge in [0.1, 0.15) is 5.52 Å². The molecule has 196 valence electrons. The Morgan fingerprint density at radius 2 is 1.84 bits per heavy atom. The zero-order chi connectivity index (χ0) is 25.9. The van der Waals surface area contributed by atoms with Crippen molar-refractivity contribution in [2.75, 3.05) is 55.8 Å². The molecular formula is C27H28N6O4S. The van der Waals surface area contributed by atoms with Gasteiger partial charge in [-0.1, -0.05) is 12.1 Å². The number of hydrogen-bond donors (Lipinski definition) is 1. The van der Waals surface area contributed by atoms with Gasteiger partial charge < -0.3 is 19.0 Å². The van der Waals surface area contributed by atoms with E-state index in [0.717, 1.165) is 38.8 Å². The van der Waals surface area contributed by atoms with Gasteiger partial charge >= 0.3 is 0 Å². The van der Waals surface area contributed by atoms with E-state index >= 15 is 0 Å². The molecule has 11 heteroatoms. The second-order valence-electron chi connectivity index (χ2n) is 9.98. The first-order valence-corrected chi connectivity index (χ1v) is 14.7. The number of H-pyrrole nitrogens is 1. The summed E-state index contributed by atoms with van der Waals surface area (Å²) >= 11 is 0. The third-order valence-corrected chi connectivity index (χ3v) is 9.34. The van der Waals surface area contributed by atoms with Gasteiger partial charge in [-0.25, -0.2) is 23.4 Å². The van der Waals surface area contributed by atoms with Crippen LogP contribution in [0.25, 0.3) is 44.5 Å². The summed E-state index contributed by atoms with van der Waals surface area (Å²) in [5.74, 6) is 1.75. The highest BCUT2D eigenvalue weighted by Gasteiger charge is 2.28. The Kier molecular flexibility index (Phi) is 5.60. The monoisotopic (exact) mass is 532 g/mol. The maximum absolute atomic E-state index is 11.9. The lowest BCUT2D eigenvalue weighted by molar-refractivity contribution is 0.122. The zero-order valence-electron chi connectivity index (χ0n) is 21.1. The summed E-state index contributed by atoms with van der Waals surface area (Å²) in [6, 6.07) is 10.2. The molecule has 0 bridgehead atoms. The summed E-state index contributed by atoms with van der Waals surface area (Å²) in [6.07, 6.45) is 3.74. The highest BCUT2D eigenvalue weighted by molar-refractivity contribution is 7.91. The number of hydrogen-bond acceptors (Lipinski definition) is 9. The SMILES string of the molecule is C[C@H](c1cnc2oc3c(N4CCOCC4)nc(-c4cccc5[nH]ccc45)nc3c2c1)N1CCS(=O)(=O)CC1. The maximum atomic E-state index is 11.9. The number of fused-ring (bicyclic) bond motifs is 4. The Labute approximate surface area is 219 Å². The molecule has 38 heavy (non-hydrogen) atoms. The summed E-state index contributed by atoms with van der Waals surface area (Å²) in [6.45, 7) is 5.80. The van der Waals surface area contributed by atoms with Crippen LogP contribution in [-0.4, -0.2) is 84.2 Å². The molecule has 0 amide bonds. The Balaban J connectivity index is 1.38. The van der Waals surface area contributed by atoms with Crippen LogP contribution in [0, 0.1) is 0 Å². The molecular weight excluding hydrogens is 504 g/mol. The van der Waals surface area contributed by atoms with Crippen LogP contribution in [0.15, 0.2) is 47.1 Å². The lowest BCUT2D eigenvalue weighted by Gasteiger charge is -2.32. The van der Waals surface area contributed by atoms with Gasteiger partial charge in [0.15, 0.2) is 27.1 Å². The van der Waals surface area contributed by atoms with Crippen molar-refractivity contribution in [3.63, 3.8) is 0 Å². The average molecular weight is 533 g/mol. The molecule has 0 spiro atoms. The Morgan fingerprint density at radius 3 is 2.66 bits per heavy atom. The fraction of sp³-hybridized carbons (Fsp3) is 0.370. The van der Waals surface area contributed by atoms with Crippen LogP contribution < -0.4 is 4.90 Å². The van der Waals surface area contributed by atoms with Gasteiger partial charge in [0.05, 0.1) is 30.1 Å². The third kappa shape index (κ3) is 4.01. The summed E-state index contributed by atoms with van der Waals surface area (Å²) in [7, 11) is -2.95. The first kappa shape index (κ1) is 23.6. The van der Waals surface area contributed by atoms with Gasteiger partial charge in [-0.2, -0.15) is 0 Å². The molecule has 1 aromatic carbocycles. The molecule has 4 aromatic heterocycles. The van der Waals surface area contributed by atoms with E-state index in [1.54, 1.807) is 0 Å². The van der Waals surface area contributed by atoms with Gasteiger partial charge in [0.25, 0.3) is 0 Å². The molecule has 0 saturated carbocycles. The normalized spacial score (nSPS) is 19.4. The maximum Gasteiger partial charge on any atom is 0.229 e. The van der Waals surface area contributed by atoms with Crippen LogP contribution in [-0.2, 0) is 14.6 Å². The van der Waals surface area contributed by atoms with Gasteiger partial charge in [0.2, 0.25) is 5.71 Å². The Bertz CT molecular complexity index is 1760. The minimum absolute atomic E-state index is 0.0148. The number of morpholine rings is 1. The molecule has 6 heterocycles. The fourth-order valence-electron chi connectivity index (χ4n) is 5.47. The van der Waals surface area contributed by atoms with Crippen LogP contribution in [0.3, 0.4) is 0 Å². The molecule has 2 aliphatic heterocycles. The molecule has 1 N–H and O–H groups in total. The topological polar surface area (TPSA) is 117 Å². The Morgan fingerprint density at radius 1 is 1.03 bits per heavy atom. The fourth-order valence-corrected chi connectivity index (χ4v) is 6.70. The number of nitrogens with one attached hydrogen (secondary N) is 1. The molecule has 0 aliphatic carbocycles. The van der Waals surface area contributed by atoms with Crippen molar-refractivity contribution >= 4 is 48.8 Å². The van der Waals surface area contributed by atoms with Crippen molar-refractivity contribution in [3.8, 4) is 11.4 Å². The predicted octanol–water partition coefficient (Wildman–Crippen LogP) is 3.55. The minimum Gasteiger partial charge on any atom is -0.432 e. The highest BCUT2D eigenvalue weighted by Crippen LogP contribution is 2.37. The van der Waals surface area contributed by atoms with Gasteiger partial charge in [0, 0.05) is 61.1 Å². The number of pyridine rings is 1. The van der Waals surface area contributed by atoms with E-state index in [2.05, 4.69) is 32.8 Å². The van der Waals surface area contributed by atoms with E-state index in [0.29, 0.717) is 56.5 Å². The number of rotatable bonds is 4. The molecule has 0 unspecified atom stereocenters. The number of ether oxygens (including phenoxy) is 1. The van der Waals surface area contributed by atoms with E-state index in [-0.39, 0.29) is 17.5 Å². The molecule has 10 nitrogen and oxygen atoms in total. The second kappa shape index (κ2) is 9.04. The van der Waals surface area contributed by atoms with Crippen LogP contribution in [0.4, 0.5) is 5.82 Å². The van der Waals surface area contributed by atoms with Crippen LogP contribution in [0.5, 0.6) is 0 Å². The number of aromatic nitrogens is 4. The highest BCUT2D eigenvalue weighted by atomic mass is 32.2. The summed E-state index contributed by atoms with van der Waals surface area (Å²) in [4.78, 5) is 22.4. The van der Waals surface area contributed by atoms with E-state index in [1.165, 1.54) is 0 Å². The zero-order valence-corrected chi connectivity index (χ0v) is 21.9. The summed E-state index contributed by atoms with van der Waals surface area (Å²) < 4.78 is 35.8. The Hall–Kier alpha value is -3.54. The van der Waals surface area contributed by atoms with Crippen LogP contribution in [0.1, 0.15) is 18.5 Å². The van der Waals surface area contributed by atoms with Crippen molar-refractivity contribution in [2.24, 2.45) is 0 Å². The lowest BCUT2D eigenvalue weighted by atomic mass is 10.1. The van der Waals surface area contributed by atoms with Crippen molar-refractivity contribution in [1.29, 1.82) is 0 Å². The lowest BCUT2D eigenvalue weighted by Crippen LogP contribution is -2.41. The van der Waals surface area contributed by atoms with Crippen LogP contribution >= 0.6 is 0 Å². The summed E-state index contributed by atoms with van der Waals surface area (Å²) in [5, 5.41) is 1.88. The first-order valence-electron chi connectivity index (χ1n) is 12.9. The molecule has 5 aromatic rings.